The highest BCUT2D eigenvalue weighted by molar-refractivity contribution is 7.22. The van der Waals surface area contributed by atoms with E-state index in [1.807, 2.05) is 37.2 Å². The Balaban J connectivity index is 2.33. The van der Waals surface area contributed by atoms with Gasteiger partial charge in [-0.2, -0.15) is 0 Å². The molecule has 1 aromatic heterocycles. The van der Waals surface area contributed by atoms with E-state index in [2.05, 4.69) is 10.3 Å². The number of fused-ring (bicyclic) bond motifs is 1. The number of carbonyl (C=O) groups is 1. The highest BCUT2D eigenvalue weighted by Gasteiger charge is 2.07. The van der Waals surface area contributed by atoms with E-state index in [1.165, 1.54) is 11.3 Å². The van der Waals surface area contributed by atoms with E-state index >= 15 is 0 Å². The van der Waals surface area contributed by atoms with Crippen LogP contribution in [0.15, 0.2) is 18.2 Å². The first-order chi connectivity index (χ1) is 8.10. The molecular formula is C11H14N4OS. The van der Waals surface area contributed by atoms with Gasteiger partial charge in [0.25, 0.3) is 0 Å². The van der Waals surface area contributed by atoms with Crippen LogP contribution in [0, 0.1) is 0 Å². The molecular weight excluding hydrogens is 236 g/mol. The Morgan fingerprint density at radius 1 is 1.53 bits per heavy atom. The minimum atomic E-state index is -0.225. The number of rotatable bonds is 3. The Bertz CT molecular complexity index is 549. The van der Waals surface area contributed by atoms with Crippen molar-refractivity contribution < 1.29 is 4.79 Å². The number of aromatic nitrogens is 1. The number of nitrogens with zero attached hydrogens (tertiary/aromatic N) is 2. The number of hydrogen-bond acceptors (Lipinski definition) is 5. The summed E-state index contributed by atoms with van der Waals surface area (Å²) in [5.41, 5.74) is 7.23. The lowest BCUT2D eigenvalue weighted by atomic mass is 10.3. The van der Waals surface area contributed by atoms with Crippen LogP contribution in [0.5, 0.6) is 0 Å². The molecule has 5 nitrogen and oxygen atoms in total. The van der Waals surface area contributed by atoms with Gasteiger partial charge in [0.1, 0.15) is 0 Å². The first-order valence-electron chi connectivity index (χ1n) is 5.18. The standard InChI is InChI=1S/C11H14N4OS/c1-15(2)7-3-4-8-9(5-7)17-11(13-8)14-10(16)6-12/h3-5H,6,12H2,1-2H3,(H,13,14,16). The lowest BCUT2D eigenvalue weighted by Gasteiger charge is -2.11. The third-order valence-electron chi connectivity index (χ3n) is 2.32. The van der Waals surface area contributed by atoms with Crippen molar-refractivity contribution in [3.8, 4) is 0 Å². The summed E-state index contributed by atoms with van der Waals surface area (Å²) in [6.45, 7) is -0.0289. The molecule has 17 heavy (non-hydrogen) atoms. The van der Waals surface area contributed by atoms with Gasteiger partial charge < -0.3 is 16.0 Å². The zero-order valence-corrected chi connectivity index (χ0v) is 10.5. The minimum Gasteiger partial charge on any atom is -0.378 e. The predicted molar refractivity (Wildman–Crippen MR) is 71.6 cm³/mol. The van der Waals surface area contributed by atoms with Crippen LogP contribution in [-0.2, 0) is 4.79 Å². The van der Waals surface area contributed by atoms with Crippen molar-refractivity contribution in [2.75, 3.05) is 30.9 Å². The molecule has 0 aliphatic rings. The van der Waals surface area contributed by atoms with Crippen LogP contribution in [0.2, 0.25) is 0 Å². The molecule has 1 aromatic carbocycles. The molecule has 0 unspecified atom stereocenters. The highest BCUT2D eigenvalue weighted by Crippen LogP contribution is 2.28. The smallest absolute Gasteiger partial charge is 0.239 e. The number of anilines is 2. The number of benzene rings is 1. The summed E-state index contributed by atoms with van der Waals surface area (Å²) in [5, 5.41) is 3.25. The van der Waals surface area contributed by atoms with Gasteiger partial charge in [-0.25, -0.2) is 4.98 Å². The summed E-state index contributed by atoms with van der Waals surface area (Å²) in [4.78, 5) is 17.5. The van der Waals surface area contributed by atoms with Crippen LogP contribution in [0.4, 0.5) is 10.8 Å². The summed E-state index contributed by atoms with van der Waals surface area (Å²) < 4.78 is 1.04. The molecule has 0 fully saturated rings. The summed E-state index contributed by atoms with van der Waals surface area (Å²) in [6.07, 6.45) is 0. The van der Waals surface area contributed by atoms with Crippen molar-refractivity contribution in [2.24, 2.45) is 5.73 Å². The van der Waals surface area contributed by atoms with Gasteiger partial charge in [-0.1, -0.05) is 11.3 Å². The molecule has 0 aliphatic carbocycles. The Morgan fingerprint density at radius 3 is 2.94 bits per heavy atom. The number of carbonyl (C=O) groups excluding carboxylic acids is 1. The highest BCUT2D eigenvalue weighted by atomic mass is 32.1. The van der Waals surface area contributed by atoms with Crippen LogP contribution >= 0.6 is 11.3 Å². The molecule has 0 spiro atoms. The van der Waals surface area contributed by atoms with Gasteiger partial charge in [-0.15, -0.1) is 0 Å². The largest absolute Gasteiger partial charge is 0.378 e. The number of thiazole rings is 1. The van der Waals surface area contributed by atoms with E-state index in [-0.39, 0.29) is 12.5 Å². The van der Waals surface area contributed by atoms with E-state index in [0.29, 0.717) is 5.13 Å². The Morgan fingerprint density at radius 2 is 2.29 bits per heavy atom. The molecule has 2 aromatic rings. The number of hydrogen-bond donors (Lipinski definition) is 2. The summed E-state index contributed by atoms with van der Waals surface area (Å²) in [5.74, 6) is -0.225. The fourth-order valence-corrected chi connectivity index (χ4v) is 2.33. The predicted octanol–water partition coefficient (Wildman–Crippen LogP) is 1.26. The summed E-state index contributed by atoms with van der Waals surface area (Å²) >= 11 is 1.45. The molecule has 90 valence electrons. The number of amides is 1. The van der Waals surface area contributed by atoms with Gasteiger partial charge in [0.05, 0.1) is 16.8 Å². The monoisotopic (exact) mass is 250 g/mol. The maximum Gasteiger partial charge on any atom is 0.239 e. The number of nitrogens with one attached hydrogen (secondary N) is 1. The normalized spacial score (nSPS) is 10.5. The third kappa shape index (κ3) is 2.54. The van der Waals surface area contributed by atoms with Gasteiger partial charge in [0.15, 0.2) is 5.13 Å². The average Bonchev–Trinajstić information content (AvgIpc) is 2.69. The van der Waals surface area contributed by atoms with Crippen LogP contribution in [0.25, 0.3) is 10.2 Å². The van der Waals surface area contributed by atoms with E-state index in [4.69, 9.17) is 5.73 Å². The second-order valence-electron chi connectivity index (χ2n) is 3.82. The Hall–Kier alpha value is -1.66. The fourth-order valence-electron chi connectivity index (χ4n) is 1.42. The molecule has 6 heteroatoms. The van der Waals surface area contributed by atoms with E-state index in [1.54, 1.807) is 0 Å². The second kappa shape index (κ2) is 4.68. The molecule has 0 bridgehead atoms. The average molecular weight is 250 g/mol. The van der Waals surface area contributed by atoms with Crippen molar-refractivity contribution in [1.29, 1.82) is 0 Å². The second-order valence-corrected chi connectivity index (χ2v) is 4.85. The van der Waals surface area contributed by atoms with E-state index in [0.717, 1.165) is 15.9 Å². The minimum absolute atomic E-state index is 0.0289. The molecule has 0 saturated carbocycles. The van der Waals surface area contributed by atoms with Crippen LogP contribution in [0.3, 0.4) is 0 Å². The zero-order chi connectivity index (χ0) is 12.4. The van der Waals surface area contributed by atoms with Gasteiger partial charge in [0.2, 0.25) is 5.91 Å². The fraction of sp³-hybridized carbons (Fsp3) is 0.273. The topological polar surface area (TPSA) is 71.2 Å². The molecule has 0 radical (unpaired) electrons. The molecule has 1 heterocycles. The first kappa shape index (κ1) is 11.8. The van der Waals surface area contributed by atoms with Gasteiger partial charge in [0, 0.05) is 19.8 Å². The quantitative estimate of drug-likeness (QED) is 0.860. The SMILES string of the molecule is CN(C)c1ccc2nc(NC(=O)CN)sc2c1. The molecule has 0 aliphatic heterocycles. The first-order valence-corrected chi connectivity index (χ1v) is 5.99. The molecule has 1 amide bonds. The third-order valence-corrected chi connectivity index (χ3v) is 3.25. The van der Waals surface area contributed by atoms with Crippen LogP contribution < -0.4 is 16.0 Å². The van der Waals surface area contributed by atoms with Crippen molar-refractivity contribution in [3.63, 3.8) is 0 Å². The summed E-state index contributed by atoms with van der Waals surface area (Å²) in [7, 11) is 3.97. The van der Waals surface area contributed by atoms with Crippen molar-refractivity contribution in [1.82, 2.24) is 4.98 Å². The summed E-state index contributed by atoms with van der Waals surface area (Å²) in [6, 6.07) is 5.99. The Kier molecular flexibility index (Phi) is 3.26. The van der Waals surface area contributed by atoms with Crippen LogP contribution in [-0.4, -0.2) is 31.5 Å². The molecule has 3 N–H and O–H groups in total. The molecule has 0 saturated heterocycles. The lowest BCUT2D eigenvalue weighted by Crippen LogP contribution is -2.21. The van der Waals surface area contributed by atoms with E-state index in [9.17, 15) is 4.79 Å². The Labute approximate surface area is 103 Å². The maximum atomic E-state index is 11.2. The van der Waals surface area contributed by atoms with Gasteiger partial charge >= 0.3 is 0 Å². The van der Waals surface area contributed by atoms with Crippen LogP contribution in [0.1, 0.15) is 0 Å². The molecule has 0 atom stereocenters. The van der Waals surface area contributed by atoms with Crippen molar-refractivity contribution in [3.05, 3.63) is 18.2 Å². The van der Waals surface area contributed by atoms with Gasteiger partial charge in [-0.05, 0) is 18.2 Å². The van der Waals surface area contributed by atoms with Crippen molar-refractivity contribution >= 4 is 38.3 Å². The molecule has 2 rings (SSSR count). The van der Waals surface area contributed by atoms with E-state index < -0.39 is 0 Å². The van der Waals surface area contributed by atoms with Gasteiger partial charge in [-0.3, -0.25) is 4.79 Å². The maximum absolute atomic E-state index is 11.2. The lowest BCUT2D eigenvalue weighted by molar-refractivity contribution is -0.114. The number of nitrogens with two attached hydrogens (primary N) is 1. The zero-order valence-electron chi connectivity index (χ0n) is 9.73. The van der Waals surface area contributed by atoms with Crippen molar-refractivity contribution in [2.45, 2.75) is 0 Å².